The number of hydrogen-bond acceptors (Lipinski definition) is 5. The Bertz CT molecular complexity index is 882. The fourth-order valence-corrected chi connectivity index (χ4v) is 3.35. The highest BCUT2D eigenvalue weighted by molar-refractivity contribution is 7.89. The molecule has 0 atom stereocenters. The summed E-state index contributed by atoms with van der Waals surface area (Å²) in [5, 5.41) is 2.64. The van der Waals surface area contributed by atoms with Crippen LogP contribution in [0.4, 0.5) is 0 Å². The molecule has 0 aromatic heterocycles. The number of benzene rings is 2. The minimum atomic E-state index is -3.69. The second kappa shape index (κ2) is 9.84. The molecule has 144 valence electrons. The van der Waals surface area contributed by atoms with Gasteiger partial charge in [-0.15, -0.1) is 0 Å². The Balaban J connectivity index is 1.90. The molecule has 0 aliphatic heterocycles. The van der Waals surface area contributed by atoms with E-state index in [1.165, 1.54) is 24.3 Å². The Morgan fingerprint density at radius 2 is 1.78 bits per heavy atom. The summed E-state index contributed by atoms with van der Waals surface area (Å²) in [6.07, 6.45) is 0.652. The van der Waals surface area contributed by atoms with Crippen LogP contribution in [0.5, 0.6) is 0 Å². The van der Waals surface area contributed by atoms with Gasteiger partial charge in [0.2, 0.25) is 10.0 Å². The summed E-state index contributed by atoms with van der Waals surface area (Å²) < 4.78 is 31.6. The van der Waals surface area contributed by atoms with Crippen molar-refractivity contribution < 1.29 is 22.7 Å². The summed E-state index contributed by atoms with van der Waals surface area (Å²) in [4.78, 5) is 23.9. The Kier molecular flexibility index (Phi) is 7.51. The molecular formula is C19H22N2O5S. The number of nitrogens with one attached hydrogen (secondary N) is 2. The maximum atomic E-state index is 12.1. The highest BCUT2D eigenvalue weighted by Crippen LogP contribution is 2.12. The van der Waals surface area contributed by atoms with E-state index in [1.807, 2.05) is 37.3 Å². The summed E-state index contributed by atoms with van der Waals surface area (Å²) in [5.41, 5.74) is 0.986. The normalized spacial score (nSPS) is 11.0. The van der Waals surface area contributed by atoms with Crippen molar-refractivity contribution >= 4 is 21.9 Å². The van der Waals surface area contributed by atoms with Gasteiger partial charge in [0, 0.05) is 13.1 Å². The van der Waals surface area contributed by atoms with Gasteiger partial charge in [0.25, 0.3) is 5.91 Å². The first kappa shape index (κ1) is 20.6. The van der Waals surface area contributed by atoms with E-state index < -0.39 is 28.5 Å². The third-order valence-corrected chi connectivity index (χ3v) is 5.05. The highest BCUT2D eigenvalue weighted by atomic mass is 32.2. The molecule has 0 bridgehead atoms. The van der Waals surface area contributed by atoms with E-state index in [4.69, 9.17) is 4.74 Å². The van der Waals surface area contributed by atoms with Crippen LogP contribution in [-0.4, -0.2) is 33.4 Å². The van der Waals surface area contributed by atoms with Crippen LogP contribution in [-0.2, 0) is 26.1 Å². The molecule has 0 spiro atoms. The standard InChI is InChI=1S/C19H22N2O5S/c1-2-11-21-27(24,25)17-10-6-9-16(12-17)19(23)26-14-18(22)20-13-15-7-4-3-5-8-15/h3-10,12,21H,2,11,13-14H2,1H3,(H,20,22). The largest absolute Gasteiger partial charge is 0.452 e. The van der Waals surface area contributed by atoms with Gasteiger partial charge in [-0.25, -0.2) is 17.9 Å². The first-order chi connectivity index (χ1) is 12.9. The summed E-state index contributed by atoms with van der Waals surface area (Å²) >= 11 is 0. The van der Waals surface area contributed by atoms with Crippen LogP contribution in [0.25, 0.3) is 0 Å². The molecule has 0 heterocycles. The van der Waals surface area contributed by atoms with E-state index in [-0.39, 0.29) is 10.5 Å². The topological polar surface area (TPSA) is 102 Å². The number of ether oxygens (including phenoxy) is 1. The van der Waals surface area contributed by atoms with Gasteiger partial charge in [0.05, 0.1) is 10.5 Å². The summed E-state index contributed by atoms with van der Waals surface area (Å²) in [6.45, 7) is 2.03. The third-order valence-electron chi connectivity index (χ3n) is 3.59. The van der Waals surface area contributed by atoms with Crippen LogP contribution < -0.4 is 10.0 Å². The third kappa shape index (κ3) is 6.50. The van der Waals surface area contributed by atoms with Crippen molar-refractivity contribution in [3.05, 3.63) is 65.7 Å². The molecule has 27 heavy (non-hydrogen) atoms. The Hall–Kier alpha value is -2.71. The molecule has 0 saturated heterocycles. The number of carbonyl (C=O) groups excluding carboxylic acids is 2. The highest BCUT2D eigenvalue weighted by Gasteiger charge is 2.17. The number of amides is 1. The van der Waals surface area contributed by atoms with Crippen molar-refractivity contribution in [1.82, 2.24) is 10.0 Å². The second-order valence-corrected chi connectivity index (χ2v) is 7.53. The molecule has 8 heteroatoms. The fraction of sp³-hybridized carbons (Fsp3) is 0.263. The molecule has 2 aromatic rings. The average molecular weight is 390 g/mol. The number of rotatable bonds is 9. The predicted octanol–water partition coefficient (Wildman–Crippen LogP) is 1.85. The zero-order valence-corrected chi connectivity index (χ0v) is 15.8. The molecule has 1 amide bonds. The van der Waals surface area contributed by atoms with E-state index in [1.54, 1.807) is 0 Å². The van der Waals surface area contributed by atoms with Crippen LogP contribution >= 0.6 is 0 Å². The van der Waals surface area contributed by atoms with Crippen LogP contribution in [0.3, 0.4) is 0 Å². The number of sulfonamides is 1. The molecule has 7 nitrogen and oxygen atoms in total. The predicted molar refractivity (Wildman–Crippen MR) is 100 cm³/mol. The van der Waals surface area contributed by atoms with Gasteiger partial charge in [-0.3, -0.25) is 4.79 Å². The van der Waals surface area contributed by atoms with Gasteiger partial charge in [0.1, 0.15) is 0 Å². The van der Waals surface area contributed by atoms with E-state index >= 15 is 0 Å². The second-order valence-electron chi connectivity index (χ2n) is 5.76. The lowest BCUT2D eigenvalue weighted by Gasteiger charge is -2.09. The van der Waals surface area contributed by atoms with Crippen LogP contribution in [0.15, 0.2) is 59.5 Å². The molecule has 0 aliphatic carbocycles. The zero-order valence-electron chi connectivity index (χ0n) is 15.0. The summed E-state index contributed by atoms with van der Waals surface area (Å²) in [6, 6.07) is 14.8. The Labute approximate surface area is 158 Å². The van der Waals surface area contributed by atoms with Gasteiger partial charge >= 0.3 is 5.97 Å². The van der Waals surface area contributed by atoms with Crippen molar-refractivity contribution in [2.45, 2.75) is 24.8 Å². The summed E-state index contributed by atoms with van der Waals surface area (Å²) in [5.74, 6) is -1.21. The Morgan fingerprint density at radius 1 is 1.04 bits per heavy atom. The van der Waals surface area contributed by atoms with E-state index in [2.05, 4.69) is 10.0 Å². The van der Waals surface area contributed by atoms with Gasteiger partial charge < -0.3 is 10.1 Å². The molecule has 0 unspecified atom stereocenters. The molecule has 2 N–H and O–H groups in total. The minimum Gasteiger partial charge on any atom is -0.452 e. The molecule has 0 fully saturated rings. The van der Waals surface area contributed by atoms with Crippen molar-refractivity contribution in [2.24, 2.45) is 0 Å². The molecule has 2 rings (SSSR count). The van der Waals surface area contributed by atoms with Crippen LogP contribution in [0.1, 0.15) is 29.3 Å². The van der Waals surface area contributed by atoms with Gasteiger partial charge in [-0.1, -0.05) is 43.3 Å². The van der Waals surface area contributed by atoms with Crippen molar-refractivity contribution in [2.75, 3.05) is 13.2 Å². The summed E-state index contributed by atoms with van der Waals surface area (Å²) in [7, 11) is -3.69. The molecule has 0 saturated carbocycles. The first-order valence-corrected chi connectivity index (χ1v) is 9.98. The monoisotopic (exact) mass is 390 g/mol. The number of esters is 1. The van der Waals surface area contributed by atoms with Crippen LogP contribution in [0.2, 0.25) is 0 Å². The maximum Gasteiger partial charge on any atom is 0.338 e. The quantitative estimate of drug-likeness (QED) is 0.636. The molecule has 0 aliphatic rings. The van der Waals surface area contributed by atoms with Crippen molar-refractivity contribution in [3.63, 3.8) is 0 Å². The van der Waals surface area contributed by atoms with Gasteiger partial charge in [-0.05, 0) is 30.2 Å². The molecule has 2 aromatic carbocycles. The van der Waals surface area contributed by atoms with Crippen molar-refractivity contribution in [1.29, 1.82) is 0 Å². The van der Waals surface area contributed by atoms with Gasteiger partial charge in [0.15, 0.2) is 6.61 Å². The smallest absolute Gasteiger partial charge is 0.338 e. The number of hydrogen-bond donors (Lipinski definition) is 2. The SMILES string of the molecule is CCCNS(=O)(=O)c1cccc(C(=O)OCC(=O)NCc2ccccc2)c1. The van der Waals surface area contributed by atoms with Gasteiger partial charge in [-0.2, -0.15) is 0 Å². The van der Waals surface area contributed by atoms with E-state index in [0.29, 0.717) is 19.5 Å². The Morgan fingerprint density at radius 3 is 2.48 bits per heavy atom. The molecular weight excluding hydrogens is 368 g/mol. The lowest BCUT2D eigenvalue weighted by Crippen LogP contribution is -2.28. The van der Waals surface area contributed by atoms with Crippen molar-refractivity contribution in [3.8, 4) is 0 Å². The molecule has 0 radical (unpaired) electrons. The lowest BCUT2D eigenvalue weighted by atomic mass is 10.2. The first-order valence-electron chi connectivity index (χ1n) is 8.50. The zero-order chi connectivity index (χ0) is 19.7. The average Bonchev–Trinajstić information content (AvgIpc) is 2.69. The number of carbonyl (C=O) groups is 2. The fourth-order valence-electron chi connectivity index (χ4n) is 2.17. The van der Waals surface area contributed by atoms with E-state index in [0.717, 1.165) is 5.56 Å². The van der Waals surface area contributed by atoms with Crippen LogP contribution in [0, 0.1) is 0 Å². The maximum absolute atomic E-state index is 12.1. The minimum absolute atomic E-state index is 0.0288. The van der Waals surface area contributed by atoms with E-state index in [9.17, 15) is 18.0 Å². The lowest BCUT2D eigenvalue weighted by molar-refractivity contribution is -0.124.